The molecule has 1 aliphatic rings. The van der Waals surface area contributed by atoms with Crippen molar-refractivity contribution in [1.82, 2.24) is 19.7 Å². The number of rotatable bonds is 5. The minimum atomic E-state index is -0.129. The van der Waals surface area contributed by atoms with Crippen LogP contribution in [0.1, 0.15) is 42.7 Å². The average molecular weight is 390 g/mol. The maximum Gasteiger partial charge on any atom is 0.293 e. The summed E-state index contributed by atoms with van der Waals surface area (Å²) in [5.74, 6) is 1.45. The normalized spacial score (nSPS) is 14.6. The number of hydrogen-bond donors (Lipinski definition) is 0. The Morgan fingerprint density at radius 2 is 1.83 bits per heavy atom. The van der Waals surface area contributed by atoms with Crippen molar-refractivity contribution < 1.29 is 9.53 Å². The number of carbonyl (C=O) groups is 1. The van der Waals surface area contributed by atoms with E-state index in [1.54, 1.807) is 11.8 Å². The molecule has 0 aliphatic heterocycles. The molecule has 1 aromatic heterocycles. The van der Waals surface area contributed by atoms with Gasteiger partial charge in [0.05, 0.1) is 12.8 Å². The number of ether oxygens (including phenoxy) is 1. The topological polar surface area (TPSA) is 60.2 Å². The quantitative estimate of drug-likeness (QED) is 0.650. The van der Waals surface area contributed by atoms with E-state index in [-0.39, 0.29) is 17.8 Å². The summed E-state index contributed by atoms with van der Waals surface area (Å²) in [7, 11) is 3.50. The molecule has 0 bridgehead atoms. The number of methoxy groups -OCH3 is 1. The van der Waals surface area contributed by atoms with E-state index in [9.17, 15) is 4.79 Å². The van der Waals surface area contributed by atoms with Gasteiger partial charge in [-0.1, -0.05) is 49.6 Å². The van der Waals surface area contributed by atoms with Gasteiger partial charge in [0.1, 0.15) is 5.75 Å². The van der Waals surface area contributed by atoms with E-state index in [0.717, 1.165) is 29.8 Å². The molecule has 29 heavy (non-hydrogen) atoms. The minimum Gasteiger partial charge on any atom is -0.497 e. The van der Waals surface area contributed by atoms with Crippen LogP contribution in [0.3, 0.4) is 0 Å². The molecule has 3 aromatic rings. The van der Waals surface area contributed by atoms with E-state index in [1.165, 1.54) is 19.3 Å². The van der Waals surface area contributed by atoms with Crippen molar-refractivity contribution in [3.05, 3.63) is 60.4 Å². The van der Waals surface area contributed by atoms with Gasteiger partial charge in [0.2, 0.25) is 5.82 Å². The van der Waals surface area contributed by atoms with E-state index in [4.69, 9.17) is 4.74 Å². The van der Waals surface area contributed by atoms with Crippen molar-refractivity contribution >= 4 is 5.91 Å². The number of para-hydroxylation sites is 1. The van der Waals surface area contributed by atoms with Gasteiger partial charge in [-0.25, -0.2) is 9.67 Å². The Bertz CT molecular complexity index is 978. The first kappa shape index (κ1) is 19.2. The molecular weight excluding hydrogens is 364 g/mol. The van der Waals surface area contributed by atoms with Gasteiger partial charge in [0.25, 0.3) is 5.91 Å². The highest BCUT2D eigenvalue weighted by Crippen LogP contribution is 2.26. The van der Waals surface area contributed by atoms with Crippen LogP contribution < -0.4 is 4.74 Å². The fourth-order valence-corrected chi connectivity index (χ4v) is 3.89. The third-order valence-corrected chi connectivity index (χ3v) is 5.57. The van der Waals surface area contributed by atoms with Crippen LogP contribution in [0.5, 0.6) is 5.75 Å². The summed E-state index contributed by atoms with van der Waals surface area (Å²) in [5.41, 5.74) is 1.71. The molecule has 0 saturated heterocycles. The van der Waals surface area contributed by atoms with Gasteiger partial charge in [0, 0.05) is 18.7 Å². The van der Waals surface area contributed by atoms with Crippen LogP contribution in [-0.2, 0) is 0 Å². The van der Waals surface area contributed by atoms with Crippen molar-refractivity contribution in [3.63, 3.8) is 0 Å². The summed E-state index contributed by atoms with van der Waals surface area (Å²) in [4.78, 5) is 19.6. The van der Waals surface area contributed by atoms with Crippen LogP contribution in [-0.4, -0.2) is 45.8 Å². The van der Waals surface area contributed by atoms with Gasteiger partial charge in [-0.15, -0.1) is 5.10 Å². The predicted molar refractivity (Wildman–Crippen MR) is 112 cm³/mol. The minimum absolute atomic E-state index is 0.129. The van der Waals surface area contributed by atoms with Crippen LogP contribution in [0, 0.1) is 0 Å². The van der Waals surface area contributed by atoms with Crippen LogP contribution in [0.4, 0.5) is 0 Å². The summed E-state index contributed by atoms with van der Waals surface area (Å²) in [6.45, 7) is 0. The van der Waals surface area contributed by atoms with E-state index in [1.807, 2.05) is 66.5 Å². The third kappa shape index (κ3) is 4.01. The van der Waals surface area contributed by atoms with Crippen molar-refractivity contribution in [2.75, 3.05) is 14.2 Å². The molecule has 0 atom stereocenters. The molecule has 2 aromatic carbocycles. The highest BCUT2D eigenvalue weighted by atomic mass is 16.5. The van der Waals surface area contributed by atoms with Crippen LogP contribution in [0.15, 0.2) is 54.6 Å². The van der Waals surface area contributed by atoms with E-state index < -0.39 is 0 Å². The maximum absolute atomic E-state index is 13.2. The molecule has 4 rings (SSSR count). The van der Waals surface area contributed by atoms with Crippen molar-refractivity contribution in [2.24, 2.45) is 0 Å². The van der Waals surface area contributed by atoms with E-state index in [2.05, 4.69) is 10.1 Å². The zero-order chi connectivity index (χ0) is 20.2. The zero-order valence-corrected chi connectivity index (χ0v) is 16.9. The molecular formula is C23H26N4O2. The number of nitrogens with zero attached hydrogens (tertiary/aromatic N) is 4. The number of amides is 1. The first-order chi connectivity index (χ1) is 14.2. The zero-order valence-electron chi connectivity index (χ0n) is 16.9. The third-order valence-electron chi connectivity index (χ3n) is 5.57. The number of hydrogen-bond acceptors (Lipinski definition) is 4. The maximum atomic E-state index is 13.2. The van der Waals surface area contributed by atoms with E-state index in [0.29, 0.717) is 5.82 Å². The lowest BCUT2D eigenvalue weighted by Gasteiger charge is -2.30. The predicted octanol–water partition coefficient (Wildman–Crippen LogP) is 4.35. The lowest BCUT2D eigenvalue weighted by molar-refractivity contribution is 0.0684. The standard InChI is InChI=1S/C23H26N4O2/c1-26(18-11-5-3-6-12-18)23(28)21-24-22(17-10-9-15-20(16-17)29-2)27(25-21)19-13-7-4-8-14-19/h4,7-10,13-16,18H,3,5-6,11-12H2,1-2H3. The molecule has 1 saturated carbocycles. The Labute approximate surface area is 171 Å². The van der Waals surface area contributed by atoms with Crippen molar-refractivity contribution in [3.8, 4) is 22.8 Å². The summed E-state index contributed by atoms with van der Waals surface area (Å²) in [6.07, 6.45) is 5.68. The second-order valence-electron chi connectivity index (χ2n) is 7.45. The Hall–Kier alpha value is -3.15. The molecule has 0 radical (unpaired) electrons. The molecule has 0 unspecified atom stereocenters. The molecule has 1 amide bonds. The van der Waals surface area contributed by atoms with Gasteiger partial charge in [-0.3, -0.25) is 4.79 Å². The Balaban J connectivity index is 1.74. The SMILES string of the molecule is COc1cccc(-c2nc(C(=O)N(C)C3CCCCC3)nn2-c2ccccc2)c1. The van der Waals surface area contributed by atoms with Gasteiger partial charge in [-0.2, -0.15) is 0 Å². The number of aromatic nitrogens is 3. The Morgan fingerprint density at radius 1 is 1.07 bits per heavy atom. The monoisotopic (exact) mass is 390 g/mol. The molecule has 0 spiro atoms. The largest absolute Gasteiger partial charge is 0.497 e. The summed E-state index contributed by atoms with van der Waals surface area (Å²) >= 11 is 0. The smallest absolute Gasteiger partial charge is 0.293 e. The summed E-state index contributed by atoms with van der Waals surface area (Å²) < 4.78 is 7.09. The molecule has 150 valence electrons. The first-order valence-electron chi connectivity index (χ1n) is 10.1. The number of carbonyl (C=O) groups excluding carboxylic acids is 1. The van der Waals surface area contributed by atoms with Crippen LogP contribution in [0.2, 0.25) is 0 Å². The highest BCUT2D eigenvalue weighted by molar-refractivity contribution is 5.91. The van der Waals surface area contributed by atoms with Crippen LogP contribution in [0.25, 0.3) is 17.1 Å². The van der Waals surface area contributed by atoms with Crippen molar-refractivity contribution in [2.45, 2.75) is 38.1 Å². The average Bonchev–Trinajstić information content (AvgIpc) is 3.25. The van der Waals surface area contributed by atoms with Gasteiger partial charge >= 0.3 is 0 Å². The summed E-state index contributed by atoms with van der Waals surface area (Å²) in [6, 6.07) is 17.7. The molecule has 1 fully saturated rings. The molecule has 1 heterocycles. The molecule has 6 nitrogen and oxygen atoms in total. The highest BCUT2D eigenvalue weighted by Gasteiger charge is 2.27. The Kier molecular flexibility index (Phi) is 5.60. The summed E-state index contributed by atoms with van der Waals surface area (Å²) in [5, 5.41) is 4.60. The van der Waals surface area contributed by atoms with Crippen molar-refractivity contribution in [1.29, 1.82) is 0 Å². The van der Waals surface area contributed by atoms with Gasteiger partial charge < -0.3 is 9.64 Å². The fourth-order valence-electron chi connectivity index (χ4n) is 3.89. The van der Waals surface area contributed by atoms with Crippen LogP contribution >= 0.6 is 0 Å². The number of benzene rings is 2. The molecule has 0 N–H and O–H groups in total. The van der Waals surface area contributed by atoms with Gasteiger partial charge in [0.15, 0.2) is 5.82 Å². The first-order valence-corrected chi connectivity index (χ1v) is 10.1. The second kappa shape index (κ2) is 8.47. The lowest BCUT2D eigenvalue weighted by atomic mass is 9.94. The fraction of sp³-hybridized carbons (Fsp3) is 0.348. The molecule has 1 aliphatic carbocycles. The second-order valence-corrected chi connectivity index (χ2v) is 7.45. The lowest BCUT2D eigenvalue weighted by Crippen LogP contribution is -2.38. The van der Waals surface area contributed by atoms with E-state index >= 15 is 0 Å². The van der Waals surface area contributed by atoms with Gasteiger partial charge in [-0.05, 0) is 37.1 Å². The Morgan fingerprint density at radius 3 is 2.55 bits per heavy atom. The molecule has 6 heteroatoms.